The van der Waals surface area contributed by atoms with Gasteiger partial charge in [-0.3, -0.25) is 9.89 Å². The predicted molar refractivity (Wildman–Crippen MR) is 79.5 cm³/mol. The average molecular weight is 289 g/mol. The highest BCUT2D eigenvalue weighted by molar-refractivity contribution is 6.02. The second kappa shape index (κ2) is 6.36. The van der Waals surface area contributed by atoms with Gasteiger partial charge in [0.15, 0.2) is 0 Å². The highest BCUT2D eigenvalue weighted by Crippen LogP contribution is 2.26. The predicted octanol–water partition coefficient (Wildman–Crippen LogP) is 1.44. The molecule has 0 atom stereocenters. The number of rotatable bonds is 5. The van der Waals surface area contributed by atoms with E-state index in [2.05, 4.69) is 20.5 Å². The molecular formula is C14H19N5O2. The summed E-state index contributed by atoms with van der Waals surface area (Å²) in [6.45, 7) is 2.51. The number of carbonyl (C=O) groups is 1. The van der Waals surface area contributed by atoms with Gasteiger partial charge in [0.1, 0.15) is 11.6 Å². The van der Waals surface area contributed by atoms with Crippen molar-refractivity contribution in [3.8, 4) is 5.75 Å². The molecule has 2 N–H and O–H groups in total. The molecule has 7 nitrogen and oxygen atoms in total. The van der Waals surface area contributed by atoms with Gasteiger partial charge in [0.05, 0.1) is 12.8 Å². The fourth-order valence-electron chi connectivity index (χ4n) is 1.94. The van der Waals surface area contributed by atoms with Gasteiger partial charge in [-0.25, -0.2) is 4.98 Å². The number of hydrogen-bond acceptors (Lipinski definition) is 5. The lowest BCUT2D eigenvalue weighted by Gasteiger charge is -2.14. The van der Waals surface area contributed by atoms with Crippen LogP contribution in [0.2, 0.25) is 0 Å². The van der Waals surface area contributed by atoms with Crippen molar-refractivity contribution in [1.82, 2.24) is 20.1 Å². The molecule has 1 aromatic heterocycles. The standard InChI is InChI=1S/C14H19N5O2/c1-9-15-13(18-17-9)14(20)16-11-7-10(8-19(2)3)5-6-12(11)21-4/h5-7H,8H2,1-4H3,(H,16,20)(H,15,17,18). The van der Waals surface area contributed by atoms with Crippen molar-refractivity contribution < 1.29 is 9.53 Å². The Bertz CT molecular complexity index is 636. The SMILES string of the molecule is COc1ccc(CN(C)C)cc1NC(=O)c1n[nH]c(C)n1. The zero-order valence-corrected chi connectivity index (χ0v) is 12.6. The lowest BCUT2D eigenvalue weighted by atomic mass is 10.1. The molecule has 0 aliphatic rings. The number of aromatic nitrogens is 3. The van der Waals surface area contributed by atoms with Crippen LogP contribution in [0.25, 0.3) is 0 Å². The van der Waals surface area contributed by atoms with E-state index >= 15 is 0 Å². The number of hydrogen-bond donors (Lipinski definition) is 2. The lowest BCUT2D eigenvalue weighted by molar-refractivity contribution is 0.101. The van der Waals surface area contributed by atoms with Gasteiger partial charge in [-0.1, -0.05) is 6.07 Å². The molecule has 7 heteroatoms. The largest absolute Gasteiger partial charge is 0.495 e. The minimum absolute atomic E-state index is 0.104. The van der Waals surface area contributed by atoms with Crippen LogP contribution in [0.4, 0.5) is 5.69 Å². The lowest BCUT2D eigenvalue weighted by Crippen LogP contribution is -2.15. The van der Waals surface area contributed by atoms with Crippen molar-refractivity contribution in [3.63, 3.8) is 0 Å². The molecule has 0 unspecified atom stereocenters. The van der Waals surface area contributed by atoms with E-state index in [9.17, 15) is 4.79 Å². The topological polar surface area (TPSA) is 83.1 Å². The fourth-order valence-corrected chi connectivity index (χ4v) is 1.94. The van der Waals surface area contributed by atoms with Crippen LogP contribution >= 0.6 is 0 Å². The van der Waals surface area contributed by atoms with Gasteiger partial charge in [-0.15, -0.1) is 5.10 Å². The number of aryl methyl sites for hydroxylation is 1. The third kappa shape index (κ3) is 3.79. The number of H-pyrrole nitrogens is 1. The molecule has 0 radical (unpaired) electrons. The molecule has 0 bridgehead atoms. The Morgan fingerprint density at radius 3 is 2.76 bits per heavy atom. The third-order valence-electron chi connectivity index (χ3n) is 2.81. The molecule has 0 aliphatic carbocycles. The average Bonchev–Trinajstić information content (AvgIpc) is 2.85. The van der Waals surface area contributed by atoms with Crippen LogP contribution in [-0.4, -0.2) is 47.2 Å². The van der Waals surface area contributed by atoms with Gasteiger partial charge in [0, 0.05) is 6.54 Å². The number of methoxy groups -OCH3 is 1. The number of amides is 1. The molecule has 1 amide bonds. The highest BCUT2D eigenvalue weighted by Gasteiger charge is 2.14. The summed E-state index contributed by atoms with van der Waals surface area (Å²) in [5, 5.41) is 9.26. The first kappa shape index (κ1) is 15.0. The molecule has 112 valence electrons. The molecule has 1 aromatic carbocycles. The van der Waals surface area contributed by atoms with Gasteiger partial charge < -0.3 is 15.0 Å². The fraction of sp³-hybridized carbons (Fsp3) is 0.357. The first-order valence-electron chi connectivity index (χ1n) is 6.51. The zero-order chi connectivity index (χ0) is 15.4. The van der Waals surface area contributed by atoms with Gasteiger partial charge in [-0.05, 0) is 38.7 Å². The first-order chi connectivity index (χ1) is 9.99. The van der Waals surface area contributed by atoms with Gasteiger partial charge in [-0.2, -0.15) is 0 Å². The smallest absolute Gasteiger partial charge is 0.295 e. The summed E-state index contributed by atoms with van der Waals surface area (Å²) in [6.07, 6.45) is 0. The first-order valence-corrected chi connectivity index (χ1v) is 6.51. The van der Waals surface area contributed by atoms with Crippen LogP contribution in [0.3, 0.4) is 0 Å². The monoisotopic (exact) mass is 289 g/mol. The Morgan fingerprint density at radius 1 is 1.43 bits per heavy atom. The molecular weight excluding hydrogens is 270 g/mol. The summed E-state index contributed by atoms with van der Waals surface area (Å²) in [4.78, 5) is 18.2. The van der Waals surface area contributed by atoms with E-state index in [0.717, 1.165) is 12.1 Å². The summed E-state index contributed by atoms with van der Waals surface area (Å²) in [6, 6.07) is 5.68. The summed E-state index contributed by atoms with van der Waals surface area (Å²) in [5.74, 6) is 0.916. The van der Waals surface area contributed by atoms with Crippen molar-refractivity contribution in [2.24, 2.45) is 0 Å². The number of nitrogens with zero attached hydrogens (tertiary/aromatic N) is 3. The minimum atomic E-state index is -0.375. The Balaban J connectivity index is 2.22. The van der Waals surface area contributed by atoms with Gasteiger partial charge in [0.25, 0.3) is 5.91 Å². The molecule has 0 aliphatic heterocycles. The molecule has 0 fully saturated rings. The number of benzene rings is 1. The van der Waals surface area contributed by atoms with E-state index in [-0.39, 0.29) is 11.7 Å². The molecule has 1 heterocycles. The number of aromatic amines is 1. The Morgan fingerprint density at radius 2 is 2.19 bits per heavy atom. The highest BCUT2D eigenvalue weighted by atomic mass is 16.5. The van der Waals surface area contributed by atoms with Crippen molar-refractivity contribution in [1.29, 1.82) is 0 Å². The molecule has 0 saturated heterocycles. The van der Waals surface area contributed by atoms with E-state index in [0.29, 0.717) is 17.3 Å². The molecule has 0 spiro atoms. The Kier molecular flexibility index (Phi) is 4.54. The number of anilines is 1. The van der Waals surface area contributed by atoms with E-state index in [1.807, 2.05) is 37.2 Å². The maximum Gasteiger partial charge on any atom is 0.295 e. The summed E-state index contributed by atoms with van der Waals surface area (Å²) >= 11 is 0. The maximum atomic E-state index is 12.1. The molecule has 2 aromatic rings. The van der Waals surface area contributed by atoms with Crippen molar-refractivity contribution in [2.75, 3.05) is 26.5 Å². The maximum absolute atomic E-state index is 12.1. The normalized spacial score (nSPS) is 10.7. The van der Waals surface area contributed by atoms with E-state index in [4.69, 9.17) is 4.74 Å². The van der Waals surface area contributed by atoms with Crippen molar-refractivity contribution >= 4 is 11.6 Å². The van der Waals surface area contributed by atoms with Crippen molar-refractivity contribution in [3.05, 3.63) is 35.4 Å². The number of ether oxygens (including phenoxy) is 1. The molecule has 21 heavy (non-hydrogen) atoms. The van der Waals surface area contributed by atoms with E-state index in [1.54, 1.807) is 14.0 Å². The van der Waals surface area contributed by atoms with Crippen LogP contribution in [0.15, 0.2) is 18.2 Å². The number of nitrogens with one attached hydrogen (secondary N) is 2. The Labute approximate surface area is 123 Å². The summed E-state index contributed by atoms with van der Waals surface area (Å²) < 4.78 is 5.27. The van der Waals surface area contributed by atoms with Gasteiger partial charge in [0.2, 0.25) is 5.82 Å². The minimum Gasteiger partial charge on any atom is -0.495 e. The van der Waals surface area contributed by atoms with Gasteiger partial charge >= 0.3 is 0 Å². The molecule has 0 saturated carbocycles. The van der Waals surface area contributed by atoms with Crippen LogP contribution in [0.1, 0.15) is 22.0 Å². The zero-order valence-electron chi connectivity index (χ0n) is 12.6. The van der Waals surface area contributed by atoms with Crippen LogP contribution in [0.5, 0.6) is 5.75 Å². The number of carbonyl (C=O) groups excluding carboxylic acids is 1. The van der Waals surface area contributed by atoms with E-state index in [1.165, 1.54) is 0 Å². The van der Waals surface area contributed by atoms with Crippen LogP contribution in [0, 0.1) is 6.92 Å². The quantitative estimate of drug-likeness (QED) is 0.870. The molecule has 2 rings (SSSR count). The van der Waals surface area contributed by atoms with E-state index < -0.39 is 0 Å². The van der Waals surface area contributed by atoms with Crippen molar-refractivity contribution in [2.45, 2.75) is 13.5 Å². The van der Waals surface area contributed by atoms with Crippen LogP contribution in [-0.2, 0) is 6.54 Å². The van der Waals surface area contributed by atoms with Crippen LogP contribution < -0.4 is 10.1 Å². The third-order valence-corrected chi connectivity index (χ3v) is 2.81. The Hall–Kier alpha value is -2.41. The summed E-state index contributed by atoms with van der Waals surface area (Å²) in [5.41, 5.74) is 1.67. The second-order valence-corrected chi connectivity index (χ2v) is 4.97. The summed E-state index contributed by atoms with van der Waals surface area (Å²) in [7, 11) is 5.53. The second-order valence-electron chi connectivity index (χ2n) is 4.97.